The van der Waals surface area contributed by atoms with E-state index < -0.39 is 211 Å². The molecule has 37 heteroatoms. The number of fused-ring (bicyclic) bond motifs is 4. The molecule has 3 amide bonds. The number of aryl methyl sites for hydroxylation is 1. The molecule has 492 valence electrons. The maximum atomic E-state index is 15.7. The van der Waals surface area contributed by atoms with Crippen LogP contribution in [0.25, 0.3) is 22.0 Å². The lowest BCUT2D eigenvalue weighted by Gasteiger charge is -2.30. The molecule has 1 fully saturated rings. The number of phosphoric ester groups is 1. The van der Waals surface area contributed by atoms with Crippen LogP contribution in [0.3, 0.4) is 0 Å². The minimum Gasteiger partial charge on any atom is -0.404 e. The third kappa shape index (κ3) is 16.3. The summed E-state index contributed by atoms with van der Waals surface area (Å²) in [5, 5.41) is 10.7. The van der Waals surface area contributed by atoms with Crippen LogP contribution in [-0.2, 0) is 92.6 Å². The van der Waals surface area contributed by atoms with Gasteiger partial charge in [-0.15, -0.1) is 0 Å². The molecule has 2 aliphatic carbocycles. The Bertz CT molecular complexity index is 4370. The molecule has 0 bridgehead atoms. The van der Waals surface area contributed by atoms with Crippen LogP contribution >= 0.6 is 27.0 Å². The number of carbonyl (C=O) groups is 3. The van der Waals surface area contributed by atoms with Gasteiger partial charge in [-0.25, -0.2) is 35.2 Å². The first-order valence-corrected chi connectivity index (χ1v) is 33.8. The molecule has 6 aromatic rings. The molecule has 0 aliphatic heterocycles. The van der Waals surface area contributed by atoms with Crippen LogP contribution in [0, 0.1) is 36.3 Å². The first-order chi connectivity index (χ1) is 41.5. The van der Waals surface area contributed by atoms with Crippen LogP contribution in [0.15, 0.2) is 54.6 Å². The third-order valence-corrected chi connectivity index (χ3v) is 19.1. The Balaban J connectivity index is 1.24. The number of aromatic nitrogens is 5. The summed E-state index contributed by atoms with van der Waals surface area (Å²) in [5.41, 5.74) is -8.98. The molecule has 3 atom stereocenters. The van der Waals surface area contributed by atoms with E-state index in [1.807, 2.05) is 5.32 Å². The van der Waals surface area contributed by atoms with Gasteiger partial charge in [-0.1, -0.05) is 43.5 Å². The number of pyridine rings is 1. The fraction of sp³-hybridized carbons (Fsp3) is 0.407. The van der Waals surface area contributed by atoms with Crippen molar-refractivity contribution in [2.75, 3.05) is 12.5 Å². The van der Waals surface area contributed by atoms with E-state index in [9.17, 15) is 95.0 Å². The summed E-state index contributed by atoms with van der Waals surface area (Å²) in [7, 11) is -19.4. The Morgan fingerprint density at radius 1 is 0.879 bits per heavy atom. The smallest absolute Gasteiger partial charge is 0.404 e. The topological polar surface area (TPSA) is 328 Å². The average Bonchev–Trinajstić information content (AvgIpc) is 1.52. The van der Waals surface area contributed by atoms with Crippen molar-refractivity contribution in [2.24, 2.45) is 5.92 Å². The first-order valence-electron chi connectivity index (χ1n) is 26.6. The molecule has 91 heavy (non-hydrogen) atoms. The molecule has 0 spiro atoms. The summed E-state index contributed by atoms with van der Waals surface area (Å²) < 4.78 is 231. The molecular formula is C54H53ClF10N8O14P2S2. The van der Waals surface area contributed by atoms with Crippen molar-refractivity contribution in [3.05, 3.63) is 128 Å². The Morgan fingerprint density at radius 3 is 2.11 bits per heavy atom. The van der Waals surface area contributed by atoms with Gasteiger partial charge in [0.25, 0.3) is 5.92 Å². The van der Waals surface area contributed by atoms with E-state index in [0.29, 0.717) is 6.07 Å². The maximum Gasteiger partial charge on any atom is 0.524 e. The number of nitrogens with one attached hydrogen (secondary N) is 3. The van der Waals surface area contributed by atoms with Gasteiger partial charge < -0.3 is 24.9 Å². The molecule has 3 aromatic heterocycles. The molecule has 3 heterocycles. The summed E-state index contributed by atoms with van der Waals surface area (Å²) in [6.07, 6.45) is -13.5. The van der Waals surface area contributed by atoms with Gasteiger partial charge in [0.1, 0.15) is 58.6 Å². The van der Waals surface area contributed by atoms with Gasteiger partial charge in [0.2, 0.25) is 27.7 Å². The van der Waals surface area contributed by atoms with Crippen molar-refractivity contribution >= 4 is 75.5 Å². The monoisotopic (exact) mass is 1390 g/mol. The van der Waals surface area contributed by atoms with E-state index in [1.54, 1.807) is 4.72 Å². The minimum absolute atomic E-state index is 0.115. The Kier molecular flexibility index (Phi) is 18.8. The number of halogens is 11. The number of amides is 3. The van der Waals surface area contributed by atoms with Gasteiger partial charge >= 0.3 is 27.8 Å². The van der Waals surface area contributed by atoms with E-state index in [0.717, 1.165) is 48.7 Å². The summed E-state index contributed by atoms with van der Waals surface area (Å²) >= 11 is 6.70. The second-order valence-corrected chi connectivity index (χ2v) is 30.5. The van der Waals surface area contributed by atoms with Gasteiger partial charge in [-0.05, 0) is 98.5 Å². The van der Waals surface area contributed by atoms with Gasteiger partial charge in [-0.2, -0.15) is 45.3 Å². The fourth-order valence-electron chi connectivity index (χ4n) is 10.7. The molecule has 0 unspecified atom stereocenters. The van der Waals surface area contributed by atoms with Crippen LogP contribution < -0.4 is 19.9 Å². The standard InChI is InChI=1S/C54H53ClF10N8O14P2S2/c1-26-13-28(18-40(74)66-25-88(77,78)79)45(39(14-26)87-89(80,81)82)50(2,3)21-41(75)71-91(85,86)23-38-44-36(55)10-9-33(47(44)73(69-38)24-52(58,59)60)32-8-7-31(11-12-51(4,5)90(6,83)84)67-46(32)37(17-27-15-29(56)19-30(57)16-27)68-42(76)22-72-49-43(48(70-72)54(63,64)65)34-20-35(34)53(49,61)62/h7-10,13-16,19,34-35,37H,17-18,20-25H2,1-6H3,(H,66,74)(H,68,76)(H,71,75)(H2,77,78,79)(H2,80,81,82)/t34-,35+,37-/m0/s1. The predicted octanol–water partition coefficient (Wildman–Crippen LogP) is 8.18. The average molecular weight is 1390 g/mol. The summed E-state index contributed by atoms with van der Waals surface area (Å²) in [6.45, 7) is 2.96. The molecule has 8 rings (SSSR count). The second kappa shape index (κ2) is 24.5. The molecule has 7 N–H and O–H groups in total. The van der Waals surface area contributed by atoms with Crippen LogP contribution in [0.5, 0.6) is 5.75 Å². The maximum absolute atomic E-state index is 15.7. The van der Waals surface area contributed by atoms with Gasteiger partial charge in [-0.3, -0.25) is 42.8 Å². The van der Waals surface area contributed by atoms with Crippen molar-refractivity contribution < 1.29 is 108 Å². The number of hydrogen-bond donors (Lipinski definition) is 7. The normalized spacial score (nSPS) is 16.4. The van der Waals surface area contributed by atoms with Crippen LogP contribution in [-0.4, -0.2) is 102 Å². The highest BCUT2D eigenvalue weighted by molar-refractivity contribution is 7.92. The Labute approximate surface area is 515 Å². The molecule has 0 radical (unpaired) electrons. The lowest BCUT2D eigenvalue weighted by molar-refractivity contribution is -0.143. The molecule has 0 saturated heterocycles. The third-order valence-electron chi connectivity index (χ3n) is 14.7. The van der Waals surface area contributed by atoms with Crippen molar-refractivity contribution in [3.8, 4) is 28.7 Å². The van der Waals surface area contributed by atoms with E-state index in [1.165, 1.54) is 40.7 Å². The van der Waals surface area contributed by atoms with E-state index in [-0.39, 0.29) is 49.3 Å². The SMILES string of the molecule is Cc1cc(CC(=O)NCP(=O)(O)O)c(C(C)(C)CC(=O)NS(=O)(=O)Cc2nn(CC(F)(F)F)c3c(-c4ccc(C#CC(C)(C)S(C)(=O)=O)nc4[C@H](Cc4cc(F)cc(F)c4)NC(=O)Cn4nc(C(F)(F)F)c5c4C(F)(F)[C@@H]4C[C@H]54)ccc(Cl)c23)c(OP(=O)(O)O)c1. The highest BCUT2D eigenvalue weighted by Crippen LogP contribution is 2.68. The van der Waals surface area contributed by atoms with Crippen molar-refractivity contribution in [1.29, 1.82) is 0 Å². The summed E-state index contributed by atoms with van der Waals surface area (Å²) in [6, 6.07) is 6.89. The minimum atomic E-state index is -5.44. The number of phosphoric acid groups is 1. The van der Waals surface area contributed by atoms with E-state index in [2.05, 4.69) is 32.3 Å². The van der Waals surface area contributed by atoms with Crippen molar-refractivity contribution in [3.63, 3.8) is 0 Å². The van der Waals surface area contributed by atoms with Crippen LogP contribution in [0.2, 0.25) is 5.02 Å². The molecule has 2 aliphatic rings. The second-order valence-electron chi connectivity index (χ2n) is 23.0. The molecule has 3 aromatic carbocycles. The largest absolute Gasteiger partial charge is 0.524 e. The number of sulfone groups is 1. The van der Waals surface area contributed by atoms with Gasteiger partial charge in [0.15, 0.2) is 15.5 Å². The summed E-state index contributed by atoms with van der Waals surface area (Å²) in [4.78, 5) is 83.9. The van der Waals surface area contributed by atoms with Gasteiger partial charge in [0, 0.05) is 57.7 Å². The summed E-state index contributed by atoms with van der Waals surface area (Å²) in [5.74, 6) is -9.85. The van der Waals surface area contributed by atoms with E-state index in [4.69, 9.17) is 16.1 Å². The zero-order chi connectivity index (χ0) is 67.9. The highest BCUT2D eigenvalue weighted by atomic mass is 35.5. The fourth-order valence-corrected chi connectivity index (χ4v) is 13.1. The Hall–Kier alpha value is -6.95. The van der Waals surface area contributed by atoms with E-state index >= 15 is 8.78 Å². The quantitative estimate of drug-likeness (QED) is 0.0203. The highest BCUT2D eigenvalue weighted by Gasteiger charge is 2.68. The van der Waals surface area contributed by atoms with Gasteiger partial charge in [0.05, 0.1) is 34.4 Å². The molecule has 1 saturated carbocycles. The number of rotatable bonds is 21. The number of nitrogens with zero attached hydrogens (tertiary/aromatic N) is 5. The number of carbonyl (C=O) groups excluding carboxylic acids is 3. The number of sulfonamides is 1. The zero-order valence-corrected chi connectivity index (χ0v) is 52.2. The van der Waals surface area contributed by atoms with Crippen molar-refractivity contribution in [2.45, 2.75) is 120 Å². The number of hydrogen-bond acceptors (Lipinski definition) is 13. The Morgan fingerprint density at radius 2 is 1.52 bits per heavy atom. The van der Waals surface area contributed by atoms with Crippen molar-refractivity contribution in [1.82, 2.24) is 39.9 Å². The predicted molar refractivity (Wildman–Crippen MR) is 304 cm³/mol. The van der Waals surface area contributed by atoms with Crippen LogP contribution in [0.1, 0.15) is 109 Å². The number of alkyl halides is 8. The van der Waals surface area contributed by atoms with Crippen LogP contribution in [0.4, 0.5) is 43.9 Å². The number of benzene rings is 3. The lowest BCUT2D eigenvalue weighted by atomic mass is 9.77. The molecular weight excluding hydrogens is 1340 g/mol. The lowest BCUT2D eigenvalue weighted by Crippen LogP contribution is -2.36. The first kappa shape index (κ1) is 69.9. The zero-order valence-electron chi connectivity index (χ0n) is 48.1. The molecule has 22 nitrogen and oxygen atoms in total.